The Bertz CT molecular complexity index is 1900. The molecular weight excluding hydrogens is 486 g/mol. The van der Waals surface area contributed by atoms with Gasteiger partial charge in [0.1, 0.15) is 5.75 Å². The molecule has 5 aromatic carbocycles. The van der Waals surface area contributed by atoms with Crippen LogP contribution in [0.2, 0.25) is 0 Å². The highest BCUT2D eigenvalue weighted by Gasteiger charge is 2.29. The average molecular weight is 520 g/mol. The predicted molar refractivity (Wildman–Crippen MR) is 167 cm³/mol. The van der Waals surface area contributed by atoms with Crippen LogP contribution in [0.3, 0.4) is 0 Å². The van der Waals surface area contributed by atoms with Crippen molar-refractivity contribution in [1.29, 1.82) is 0 Å². The fourth-order valence-corrected chi connectivity index (χ4v) is 6.87. The maximum absolute atomic E-state index is 10.5. The molecule has 1 N–H and O–H groups in total. The first-order valence-corrected chi connectivity index (χ1v) is 14.2. The van der Waals surface area contributed by atoms with E-state index in [1.165, 1.54) is 61.5 Å². The van der Waals surface area contributed by atoms with E-state index in [-0.39, 0.29) is 5.75 Å². The number of fused-ring (bicyclic) bond motifs is 4. The monoisotopic (exact) mass is 519 g/mol. The smallest absolute Gasteiger partial charge is 0.116 e. The van der Waals surface area contributed by atoms with Gasteiger partial charge in [-0.1, -0.05) is 96.1 Å². The van der Waals surface area contributed by atoms with Crippen molar-refractivity contribution >= 4 is 10.8 Å². The molecule has 0 saturated heterocycles. The van der Waals surface area contributed by atoms with Gasteiger partial charge >= 0.3 is 0 Å². The Morgan fingerprint density at radius 1 is 0.700 bits per heavy atom. The van der Waals surface area contributed by atoms with Gasteiger partial charge in [-0.25, -0.2) is 0 Å². The van der Waals surface area contributed by atoms with Gasteiger partial charge in [-0.2, -0.15) is 0 Å². The Balaban J connectivity index is 1.55. The van der Waals surface area contributed by atoms with Gasteiger partial charge in [0.25, 0.3) is 0 Å². The lowest BCUT2D eigenvalue weighted by Gasteiger charge is -2.21. The number of phenols is 1. The van der Waals surface area contributed by atoms with Gasteiger partial charge in [-0.3, -0.25) is 0 Å². The van der Waals surface area contributed by atoms with E-state index < -0.39 is 0 Å². The largest absolute Gasteiger partial charge is 0.508 e. The van der Waals surface area contributed by atoms with Gasteiger partial charge in [-0.15, -0.1) is 0 Å². The topological polar surface area (TPSA) is 25.2 Å². The molecule has 2 nitrogen and oxygen atoms in total. The van der Waals surface area contributed by atoms with Gasteiger partial charge in [0.2, 0.25) is 0 Å². The third-order valence-electron chi connectivity index (χ3n) is 8.50. The standard InChI is InChI=1S/C38H33NO/c1-24-19-25(2)21-27(20-24)22-30-10-5-7-13-34(30)38-37-32(18-16-28-9-4-6-12-33(28)37)26(3)39(38)36-14-8-11-29-15-17-31(40)23-35(29)36/h4-15,17,19-21,23,40H,16,18,22H2,1-3H3. The van der Waals surface area contributed by atoms with E-state index in [4.69, 9.17) is 0 Å². The van der Waals surface area contributed by atoms with E-state index in [1.54, 1.807) is 6.07 Å². The van der Waals surface area contributed by atoms with Crippen LogP contribution in [0.25, 0.3) is 38.8 Å². The molecule has 0 saturated carbocycles. The molecule has 7 rings (SSSR count). The maximum atomic E-state index is 10.5. The summed E-state index contributed by atoms with van der Waals surface area (Å²) in [5, 5.41) is 12.7. The van der Waals surface area contributed by atoms with Crippen LogP contribution < -0.4 is 0 Å². The highest BCUT2D eigenvalue weighted by atomic mass is 16.3. The van der Waals surface area contributed by atoms with Crippen LogP contribution in [0, 0.1) is 20.8 Å². The van der Waals surface area contributed by atoms with Crippen LogP contribution in [0.15, 0.2) is 103 Å². The molecule has 2 heteroatoms. The number of hydrogen-bond donors (Lipinski definition) is 1. The van der Waals surface area contributed by atoms with Crippen molar-refractivity contribution in [2.24, 2.45) is 0 Å². The summed E-state index contributed by atoms with van der Waals surface area (Å²) in [6.45, 7) is 6.63. The van der Waals surface area contributed by atoms with Gasteiger partial charge in [0.15, 0.2) is 0 Å². The van der Waals surface area contributed by atoms with E-state index in [2.05, 4.69) is 110 Å². The number of aromatic hydroxyl groups is 1. The summed E-state index contributed by atoms with van der Waals surface area (Å²) >= 11 is 0. The van der Waals surface area contributed by atoms with Crippen LogP contribution in [0.5, 0.6) is 5.75 Å². The number of aryl methyl sites for hydroxylation is 3. The van der Waals surface area contributed by atoms with Crippen molar-refractivity contribution in [3.63, 3.8) is 0 Å². The lowest BCUT2D eigenvalue weighted by atomic mass is 9.84. The van der Waals surface area contributed by atoms with Crippen molar-refractivity contribution in [2.45, 2.75) is 40.0 Å². The molecule has 6 aromatic rings. The fourth-order valence-electron chi connectivity index (χ4n) is 6.87. The second-order valence-corrected chi connectivity index (χ2v) is 11.3. The molecule has 1 aromatic heterocycles. The Morgan fingerprint density at radius 2 is 1.45 bits per heavy atom. The Morgan fingerprint density at radius 3 is 2.27 bits per heavy atom. The summed E-state index contributed by atoms with van der Waals surface area (Å²) in [6, 6.07) is 36.8. The summed E-state index contributed by atoms with van der Waals surface area (Å²) in [7, 11) is 0. The summed E-state index contributed by atoms with van der Waals surface area (Å²) < 4.78 is 2.47. The summed E-state index contributed by atoms with van der Waals surface area (Å²) in [6.07, 6.45) is 2.94. The first-order valence-electron chi connectivity index (χ1n) is 14.2. The molecule has 1 aliphatic rings. The zero-order valence-corrected chi connectivity index (χ0v) is 23.3. The van der Waals surface area contributed by atoms with Gasteiger partial charge in [-0.05, 0) is 91.4 Å². The van der Waals surface area contributed by atoms with Gasteiger partial charge < -0.3 is 9.67 Å². The van der Waals surface area contributed by atoms with E-state index in [0.717, 1.165) is 35.7 Å². The molecule has 1 heterocycles. The zero-order chi connectivity index (χ0) is 27.4. The third-order valence-corrected chi connectivity index (χ3v) is 8.50. The van der Waals surface area contributed by atoms with Crippen molar-refractivity contribution < 1.29 is 5.11 Å². The van der Waals surface area contributed by atoms with Crippen LogP contribution in [-0.4, -0.2) is 9.67 Å². The van der Waals surface area contributed by atoms with Crippen molar-refractivity contribution in [1.82, 2.24) is 4.57 Å². The minimum atomic E-state index is 0.289. The molecule has 1 aliphatic carbocycles. The van der Waals surface area contributed by atoms with Gasteiger partial charge in [0, 0.05) is 22.2 Å². The highest BCUT2D eigenvalue weighted by molar-refractivity contribution is 5.96. The van der Waals surface area contributed by atoms with E-state index in [1.807, 2.05) is 12.1 Å². The van der Waals surface area contributed by atoms with Crippen molar-refractivity contribution in [3.05, 3.63) is 142 Å². The summed E-state index contributed by atoms with van der Waals surface area (Å²) in [5.74, 6) is 0.289. The second kappa shape index (κ2) is 9.57. The molecule has 0 radical (unpaired) electrons. The minimum absolute atomic E-state index is 0.289. The lowest BCUT2D eigenvalue weighted by Crippen LogP contribution is -2.03. The number of aromatic nitrogens is 1. The molecule has 0 unspecified atom stereocenters. The SMILES string of the molecule is Cc1cc(C)cc(Cc2ccccc2-c2c3c(c(C)n2-c2cccc4ccc(O)cc24)CCc2ccccc2-3)c1. The molecular formula is C38H33NO. The average Bonchev–Trinajstić information content (AvgIpc) is 3.24. The van der Waals surface area contributed by atoms with Crippen LogP contribution >= 0.6 is 0 Å². The van der Waals surface area contributed by atoms with Crippen LogP contribution in [0.4, 0.5) is 0 Å². The first kappa shape index (κ1) is 24.5. The predicted octanol–water partition coefficient (Wildman–Crippen LogP) is 9.28. The molecule has 0 bridgehead atoms. The Labute approximate surface area is 236 Å². The normalized spacial score (nSPS) is 12.4. The molecule has 0 fully saturated rings. The summed E-state index contributed by atoms with van der Waals surface area (Å²) in [4.78, 5) is 0. The molecule has 40 heavy (non-hydrogen) atoms. The minimum Gasteiger partial charge on any atom is -0.508 e. The molecule has 0 aliphatic heterocycles. The maximum Gasteiger partial charge on any atom is 0.116 e. The molecule has 0 atom stereocenters. The highest BCUT2D eigenvalue weighted by Crippen LogP contribution is 2.47. The molecule has 0 amide bonds. The van der Waals surface area contributed by atoms with Crippen LogP contribution in [-0.2, 0) is 19.3 Å². The van der Waals surface area contributed by atoms with Crippen molar-refractivity contribution in [3.8, 4) is 33.8 Å². The first-order chi connectivity index (χ1) is 19.5. The number of hydrogen-bond acceptors (Lipinski definition) is 1. The number of benzene rings is 5. The Kier molecular flexibility index (Phi) is 5.86. The fraction of sp³-hybridized carbons (Fsp3) is 0.158. The summed E-state index contributed by atoms with van der Waals surface area (Å²) in [5.41, 5.74) is 15.7. The van der Waals surface area contributed by atoms with E-state index >= 15 is 0 Å². The lowest BCUT2D eigenvalue weighted by molar-refractivity contribution is 0.476. The van der Waals surface area contributed by atoms with Crippen molar-refractivity contribution in [2.75, 3.05) is 0 Å². The number of rotatable bonds is 4. The van der Waals surface area contributed by atoms with Gasteiger partial charge in [0.05, 0.1) is 11.4 Å². The Hall–Kier alpha value is -4.56. The van der Waals surface area contributed by atoms with Crippen LogP contribution in [0.1, 0.15) is 39.1 Å². The quantitative estimate of drug-likeness (QED) is 0.247. The van der Waals surface area contributed by atoms with E-state index in [9.17, 15) is 5.11 Å². The third kappa shape index (κ3) is 4.03. The molecule has 0 spiro atoms. The molecule has 196 valence electrons. The van der Waals surface area contributed by atoms with E-state index in [0.29, 0.717) is 0 Å². The second-order valence-electron chi connectivity index (χ2n) is 11.3. The number of phenolic OH excluding ortho intramolecular Hbond substituents is 1. The number of nitrogens with zero attached hydrogens (tertiary/aromatic N) is 1. The zero-order valence-electron chi connectivity index (χ0n) is 23.3.